The quantitative estimate of drug-likeness (QED) is 0.340. The Bertz CT molecular complexity index is 1160. The van der Waals surface area contributed by atoms with Gasteiger partial charge in [0.25, 0.3) is 0 Å². The van der Waals surface area contributed by atoms with Gasteiger partial charge >= 0.3 is 0 Å². The number of amides is 2. The van der Waals surface area contributed by atoms with Crippen molar-refractivity contribution in [2.75, 3.05) is 25.4 Å². The Labute approximate surface area is 210 Å². The van der Waals surface area contributed by atoms with E-state index in [0.717, 1.165) is 28.6 Å². The lowest BCUT2D eigenvalue weighted by Crippen LogP contribution is -2.56. The molecule has 0 radical (unpaired) electrons. The molecule has 0 saturated carbocycles. The summed E-state index contributed by atoms with van der Waals surface area (Å²) >= 11 is 1.59. The van der Waals surface area contributed by atoms with E-state index in [2.05, 4.69) is 23.2 Å². The van der Waals surface area contributed by atoms with Crippen LogP contribution >= 0.6 is 11.8 Å². The minimum Gasteiger partial charge on any atom is -0.461 e. The van der Waals surface area contributed by atoms with Gasteiger partial charge in [-0.2, -0.15) is 0 Å². The second-order valence-corrected chi connectivity index (χ2v) is 10.3. The summed E-state index contributed by atoms with van der Waals surface area (Å²) in [6.45, 7) is 9.72. The average Bonchev–Trinajstić information content (AvgIpc) is 3.51. The highest BCUT2D eigenvalue weighted by atomic mass is 32.2. The van der Waals surface area contributed by atoms with Crippen LogP contribution in [-0.2, 0) is 9.59 Å². The van der Waals surface area contributed by atoms with Gasteiger partial charge < -0.3 is 14.2 Å². The smallest absolute Gasteiger partial charge is 0.225 e. The number of rotatable bonds is 8. The Balaban J connectivity index is 1.36. The predicted molar refractivity (Wildman–Crippen MR) is 136 cm³/mol. The van der Waals surface area contributed by atoms with E-state index in [0.29, 0.717) is 37.6 Å². The maximum atomic E-state index is 12.8. The van der Waals surface area contributed by atoms with Crippen LogP contribution in [0.2, 0.25) is 0 Å². The molecule has 4 rings (SSSR count). The molecule has 1 aliphatic heterocycles. The second kappa shape index (κ2) is 11.1. The lowest BCUT2D eigenvalue weighted by atomic mass is 10.1. The van der Waals surface area contributed by atoms with Crippen LogP contribution in [-0.4, -0.2) is 67.8 Å². The van der Waals surface area contributed by atoms with E-state index >= 15 is 0 Å². The van der Waals surface area contributed by atoms with Gasteiger partial charge in [0, 0.05) is 43.8 Å². The monoisotopic (exact) mass is 495 g/mol. The highest BCUT2D eigenvalue weighted by molar-refractivity contribution is 7.99. The van der Waals surface area contributed by atoms with Gasteiger partial charge in [-0.3, -0.25) is 14.2 Å². The zero-order valence-electron chi connectivity index (χ0n) is 20.8. The molecule has 0 N–H and O–H groups in total. The largest absolute Gasteiger partial charge is 0.461 e. The highest BCUT2D eigenvalue weighted by Gasteiger charge is 2.30. The Morgan fingerprint density at radius 2 is 1.94 bits per heavy atom. The van der Waals surface area contributed by atoms with E-state index in [1.807, 2.05) is 65.5 Å². The van der Waals surface area contributed by atoms with Gasteiger partial charge in [0.15, 0.2) is 10.9 Å². The van der Waals surface area contributed by atoms with Crippen molar-refractivity contribution < 1.29 is 14.0 Å². The van der Waals surface area contributed by atoms with Gasteiger partial charge in [-0.1, -0.05) is 43.8 Å². The Hall–Kier alpha value is -3.07. The van der Waals surface area contributed by atoms with Crippen LogP contribution in [0.5, 0.6) is 0 Å². The van der Waals surface area contributed by atoms with Crippen molar-refractivity contribution in [2.24, 2.45) is 5.92 Å². The van der Waals surface area contributed by atoms with E-state index in [9.17, 15) is 9.59 Å². The van der Waals surface area contributed by atoms with Crippen molar-refractivity contribution in [3.05, 3.63) is 48.2 Å². The van der Waals surface area contributed by atoms with Gasteiger partial charge in [0.2, 0.25) is 17.6 Å². The molecule has 0 spiro atoms. The van der Waals surface area contributed by atoms with E-state index in [-0.39, 0.29) is 23.8 Å². The van der Waals surface area contributed by atoms with Crippen LogP contribution in [0.1, 0.15) is 39.2 Å². The number of carbonyl (C=O) groups is 2. The van der Waals surface area contributed by atoms with Crippen molar-refractivity contribution in [3.8, 4) is 17.3 Å². The number of piperazine rings is 1. The van der Waals surface area contributed by atoms with Crippen LogP contribution < -0.4 is 0 Å². The van der Waals surface area contributed by atoms with Gasteiger partial charge in [-0.25, -0.2) is 0 Å². The average molecular weight is 496 g/mol. The molecule has 1 atom stereocenters. The number of hydrogen-bond acceptors (Lipinski definition) is 6. The third-order valence-corrected chi connectivity index (χ3v) is 7.27. The minimum atomic E-state index is -0.0215. The molecule has 9 heteroatoms. The number of aryl methyl sites for hydroxylation is 1. The molecular weight excluding hydrogens is 462 g/mol. The summed E-state index contributed by atoms with van der Waals surface area (Å²) in [5, 5.41) is 9.60. The summed E-state index contributed by atoms with van der Waals surface area (Å²) in [5.74, 6) is 2.35. The van der Waals surface area contributed by atoms with Crippen LogP contribution in [0.4, 0.5) is 0 Å². The van der Waals surface area contributed by atoms with Crippen LogP contribution in [0, 0.1) is 12.8 Å². The number of nitrogens with zero attached hydrogens (tertiary/aromatic N) is 5. The summed E-state index contributed by atoms with van der Waals surface area (Å²) in [4.78, 5) is 29.0. The zero-order chi connectivity index (χ0) is 24.9. The van der Waals surface area contributed by atoms with Crippen LogP contribution in [0.15, 0.2) is 52.2 Å². The maximum Gasteiger partial charge on any atom is 0.225 e. The molecule has 1 saturated heterocycles. The number of aromatic nitrogens is 3. The summed E-state index contributed by atoms with van der Waals surface area (Å²) in [7, 11) is 0. The van der Waals surface area contributed by atoms with Crippen LogP contribution in [0.25, 0.3) is 17.3 Å². The molecule has 3 aromatic rings. The SMILES string of the molecule is Cc1ccccc1-n1c(SCCCC(=O)N2CCN(C(=O)C(C)C)C(C)C2)nnc1-c1ccco1. The lowest BCUT2D eigenvalue weighted by Gasteiger charge is -2.40. The first-order valence-corrected chi connectivity index (χ1v) is 13.1. The molecule has 8 nitrogen and oxygen atoms in total. The van der Waals surface area contributed by atoms with Gasteiger partial charge in [-0.05, 0) is 44.0 Å². The number of hydrogen-bond donors (Lipinski definition) is 0. The molecular formula is C26H33N5O3S. The molecule has 1 fully saturated rings. The zero-order valence-corrected chi connectivity index (χ0v) is 21.6. The normalized spacial score (nSPS) is 16.2. The molecule has 3 heterocycles. The lowest BCUT2D eigenvalue weighted by molar-refractivity contribution is -0.144. The van der Waals surface area contributed by atoms with Crippen molar-refractivity contribution in [2.45, 2.75) is 51.7 Å². The molecule has 0 bridgehead atoms. The predicted octanol–water partition coefficient (Wildman–Crippen LogP) is 4.42. The topological polar surface area (TPSA) is 84.5 Å². The van der Waals surface area contributed by atoms with Crippen LogP contribution in [0.3, 0.4) is 0 Å². The minimum absolute atomic E-state index is 0.0215. The molecule has 1 aromatic carbocycles. The number of thioether (sulfide) groups is 1. The third kappa shape index (κ3) is 5.61. The first-order chi connectivity index (χ1) is 16.9. The maximum absolute atomic E-state index is 12.8. The molecule has 0 aliphatic carbocycles. The second-order valence-electron chi connectivity index (χ2n) is 9.23. The Kier molecular flexibility index (Phi) is 7.95. The first-order valence-electron chi connectivity index (χ1n) is 12.1. The first kappa shape index (κ1) is 25.0. The fraction of sp³-hybridized carbons (Fsp3) is 0.462. The Morgan fingerprint density at radius 1 is 1.14 bits per heavy atom. The van der Waals surface area contributed by atoms with Gasteiger partial charge in [0.1, 0.15) is 0 Å². The molecule has 2 aromatic heterocycles. The van der Waals surface area contributed by atoms with Gasteiger partial charge in [-0.15, -0.1) is 10.2 Å². The van der Waals surface area contributed by atoms with Crippen molar-refractivity contribution in [3.63, 3.8) is 0 Å². The molecule has 1 aliphatic rings. The summed E-state index contributed by atoms with van der Waals surface area (Å²) in [6, 6.07) is 11.9. The fourth-order valence-electron chi connectivity index (χ4n) is 4.35. The summed E-state index contributed by atoms with van der Waals surface area (Å²) in [6.07, 6.45) is 2.84. The fourth-order valence-corrected chi connectivity index (χ4v) is 5.23. The molecule has 2 amide bonds. The number of carbonyl (C=O) groups excluding carboxylic acids is 2. The van der Waals surface area contributed by atoms with E-state index in [1.54, 1.807) is 18.0 Å². The van der Waals surface area contributed by atoms with E-state index in [4.69, 9.17) is 4.42 Å². The molecule has 35 heavy (non-hydrogen) atoms. The van der Waals surface area contributed by atoms with E-state index < -0.39 is 0 Å². The van der Waals surface area contributed by atoms with E-state index in [1.165, 1.54) is 0 Å². The highest BCUT2D eigenvalue weighted by Crippen LogP contribution is 2.30. The third-order valence-electron chi connectivity index (χ3n) is 6.25. The van der Waals surface area contributed by atoms with Crippen molar-refractivity contribution in [1.82, 2.24) is 24.6 Å². The van der Waals surface area contributed by atoms with Crippen molar-refractivity contribution in [1.29, 1.82) is 0 Å². The Morgan fingerprint density at radius 3 is 2.63 bits per heavy atom. The number of para-hydroxylation sites is 1. The van der Waals surface area contributed by atoms with Gasteiger partial charge in [0.05, 0.1) is 12.0 Å². The standard InChI is InChI=1S/C26H33N5O3S/c1-18(2)25(33)30-14-13-29(17-20(30)4)23(32)12-8-16-35-26-28-27-24(22-11-7-15-34-22)31(26)21-10-6-5-9-19(21)3/h5-7,9-11,15,18,20H,8,12-14,16-17H2,1-4H3. The number of benzene rings is 1. The molecule has 186 valence electrons. The van der Waals surface area contributed by atoms with Crippen molar-refractivity contribution >= 4 is 23.6 Å². The molecule has 1 unspecified atom stereocenters. The number of furan rings is 1. The summed E-state index contributed by atoms with van der Waals surface area (Å²) < 4.78 is 7.62. The summed E-state index contributed by atoms with van der Waals surface area (Å²) in [5.41, 5.74) is 2.12.